The van der Waals surface area contributed by atoms with Gasteiger partial charge in [0, 0.05) is 30.4 Å². The molecule has 0 spiro atoms. The lowest BCUT2D eigenvalue weighted by Crippen LogP contribution is -2.37. The van der Waals surface area contributed by atoms with Gasteiger partial charge in [-0.3, -0.25) is 14.7 Å². The van der Waals surface area contributed by atoms with Crippen LogP contribution in [-0.4, -0.2) is 55.7 Å². The minimum absolute atomic E-state index is 0. The molecule has 1 unspecified atom stereocenters. The molecule has 3 aliphatic rings. The molecule has 3 heterocycles. The summed E-state index contributed by atoms with van der Waals surface area (Å²) in [5.74, 6) is -1.52. The molecule has 4 atom stereocenters. The average Bonchev–Trinajstić information content (AvgIpc) is 3.12. The third-order valence-corrected chi connectivity index (χ3v) is 6.75. The SMILES string of the molecule is Cl.[C-]#[N+]C1(c2ccc(-c3ccc(N4C[C@H](CNC(=O)C(F)F)OC4=O)cc3F)cn2)[C@@H]2CNC[C@@H]21. The van der Waals surface area contributed by atoms with Crippen molar-refractivity contribution in [2.45, 2.75) is 18.1 Å². The normalized spacial score (nSPS) is 26.5. The van der Waals surface area contributed by atoms with Gasteiger partial charge in [-0.1, -0.05) is 6.07 Å². The van der Waals surface area contributed by atoms with E-state index in [9.17, 15) is 22.8 Å². The highest BCUT2D eigenvalue weighted by molar-refractivity contribution is 5.90. The molecule has 5 rings (SSSR count). The number of hydrogen-bond donors (Lipinski definition) is 2. The third-order valence-electron chi connectivity index (χ3n) is 6.75. The summed E-state index contributed by atoms with van der Waals surface area (Å²) >= 11 is 0. The van der Waals surface area contributed by atoms with E-state index < -0.39 is 35.9 Å². The molecule has 3 fully saturated rings. The van der Waals surface area contributed by atoms with Gasteiger partial charge in [-0.15, -0.1) is 12.4 Å². The number of hydrogen-bond acceptors (Lipinski definition) is 5. The number of nitrogens with zero attached hydrogens (tertiary/aromatic N) is 3. The Morgan fingerprint density at radius 3 is 2.66 bits per heavy atom. The maximum atomic E-state index is 15.0. The van der Waals surface area contributed by atoms with Crippen molar-refractivity contribution in [1.82, 2.24) is 15.6 Å². The Hall–Kier alpha value is -3.36. The summed E-state index contributed by atoms with van der Waals surface area (Å²) in [5.41, 5.74) is 1.17. The van der Waals surface area contributed by atoms with Crippen molar-refractivity contribution in [3.8, 4) is 11.1 Å². The zero-order valence-corrected chi connectivity index (χ0v) is 19.0. The van der Waals surface area contributed by atoms with Crippen LogP contribution in [0.5, 0.6) is 0 Å². The first-order valence-electron chi connectivity index (χ1n) is 10.7. The van der Waals surface area contributed by atoms with E-state index >= 15 is 0 Å². The predicted octanol–water partition coefficient (Wildman–Crippen LogP) is 2.98. The standard InChI is InChI=1S/C23H20F3N5O3.ClH/c1-27-23(16-9-28-10-17(16)23)19-5-2-12(7-29-19)15-4-3-13(6-18(15)24)31-11-14(34-22(31)33)8-30-21(32)20(25)26;/h2-7,14,16-17,20,28H,8-11H2,(H,30,32);1H/t14-,16-,17+,23?;/m0./s1. The zero-order chi connectivity index (χ0) is 24.0. The van der Waals surface area contributed by atoms with Crippen LogP contribution in [0.4, 0.5) is 23.7 Å². The summed E-state index contributed by atoms with van der Waals surface area (Å²) in [6.07, 6.45) is -3.20. The van der Waals surface area contributed by atoms with Gasteiger partial charge in [-0.2, -0.15) is 8.78 Å². The first-order chi connectivity index (χ1) is 16.3. The van der Waals surface area contributed by atoms with Crippen molar-refractivity contribution in [3.63, 3.8) is 0 Å². The van der Waals surface area contributed by atoms with Crippen molar-refractivity contribution in [1.29, 1.82) is 0 Å². The molecule has 2 aromatic rings. The highest BCUT2D eigenvalue weighted by Gasteiger charge is 2.76. The molecule has 1 saturated carbocycles. The second kappa shape index (κ2) is 9.36. The van der Waals surface area contributed by atoms with Crippen LogP contribution in [0.3, 0.4) is 0 Å². The van der Waals surface area contributed by atoms with Crippen molar-refractivity contribution >= 4 is 30.1 Å². The topological polar surface area (TPSA) is 87.9 Å². The second-order valence-electron chi connectivity index (χ2n) is 8.57. The number of ether oxygens (including phenoxy) is 1. The number of benzene rings is 1. The fourth-order valence-electron chi connectivity index (χ4n) is 4.94. The molecule has 1 aliphatic carbocycles. The molecular weight excluding hydrogens is 487 g/mol. The minimum atomic E-state index is -3.16. The summed E-state index contributed by atoms with van der Waals surface area (Å²) in [7, 11) is 0. The van der Waals surface area contributed by atoms with Gasteiger partial charge in [0.15, 0.2) is 0 Å². The fourth-order valence-corrected chi connectivity index (χ4v) is 4.94. The Bertz CT molecular complexity index is 1180. The number of amides is 2. The summed E-state index contributed by atoms with van der Waals surface area (Å²) in [4.78, 5) is 32.7. The van der Waals surface area contributed by atoms with Crippen LogP contribution in [0, 0.1) is 24.2 Å². The van der Waals surface area contributed by atoms with E-state index in [-0.39, 0.29) is 48.6 Å². The lowest BCUT2D eigenvalue weighted by atomic mass is 10.0. The Labute approximate surface area is 205 Å². The van der Waals surface area contributed by atoms with E-state index in [1.807, 2.05) is 5.32 Å². The average molecular weight is 508 g/mol. The molecule has 2 N–H and O–H groups in total. The molecule has 12 heteroatoms. The number of fused-ring (bicyclic) bond motifs is 1. The molecule has 1 aromatic carbocycles. The smallest absolute Gasteiger partial charge is 0.414 e. The third kappa shape index (κ3) is 4.17. The van der Waals surface area contributed by atoms with Gasteiger partial charge in [0.2, 0.25) is 0 Å². The van der Waals surface area contributed by atoms with Crippen molar-refractivity contribution in [2.24, 2.45) is 11.8 Å². The van der Waals surface area contributed by atoms with Crippen LogP contribution in [0.25, 0.3) is 16.0 Å². The molecular formula is C23H21ClF3N5O3. The number of carbonyl (C=O) groups is 2. The Morgan fingerprint density at radius 1 is 1.31 bits per heavy atom. The maximum Gasteiger partial charge on any atom is 0.414 e. The lowest BCUT2D eigenvalue weighted by molar-refractivity contribution is -0.132. The monoisotopic (exact) mass is 507 g/mol. The van der Waals surface area contributed by atoms with Gasteiger partial charge in [0.05, 0.1) is 30.6 Å². The molecule has 0 radical (unpaired) electrons. The minimum Gasteiger partial charge on any atom is -0.442 e. The van der Waals surface area contributed by atoms with Crippen molar-refractivity contribution < 1.29 is 27.5 Å². The van der Waals surface area contributed by atoms with Crippen LogP contribution in [0.15, 0.2) is 36.5 Å². The van der Waals surface area contributed by atoms with E-state index in [0.717, 1.165) is 13.1 Å². The number of rotatable bonds is 6. The van der Waals surface area contributed by atoms with Gasteiger partial charge in [0.1, 0.15) is 17.6 Å². The van der Waals surface area contributed by atoms with Crippen molar-refractivity contribution in [2.75, 3.05) is 31.1 Å². The number of aromatic nitrogens is 1. The summed E-state index contributed by atoms with van der Waals surface area (Å²) in [5, 5.41) is 5.27. The Kier molecular flexibility index (Phi) is 6.62. The van der Waals surface area contributed by atoms with Crippen LogP contribution < -0.4 is 15.5 Å². The summed E-state index contributed by atoms with van der Waals surface area (Å²) in [6, 6.07) is 7.75. The summed E-state index contributed by atoms with van der Waals surface area (Å²) in [6.45, 7) is 8.96. The first kappa shape index (κ1) is 24.8. The Balaban J connectivity index is 0.00000289. The quantitative estimate of drug-likeness (QED) is 0.587. The van der Waals surface area contributed by atoms with Crippen LogP contribution >= 0.6 is 12.4 Å². The van der Waals surface area contributed by atoms with Gasteiger partial charge in [0.25, 0.3) is 11.4 Å². The number of carbonyl (C=O) groups excluding carboxylic acids is 2. The molecule has 184 valence electrons. The van der Waals surface area contributed by atoms with E-state index in [1.165, 1.54) is 17.0 Å². The summed E-state index contributed by atoms with van der Waals surface area (Å²) < 4.78 is 44.6. The predicted molar refractivity (Wildman–Crippen MR) is 122 cm³/mol. The molecule has 35 heavy (non-hydrogen) atoms. The van der Waals surface area contributed by atoms with Gasteiger partial charge in [-0.05, 0) is 24.3 Å². The van der Waals surface area contributed by atoms with E-state index in [1.54, 1.807) is 24.4 Å². The van der Waals surface area contributed by atoms with E-state index in [0.29, 0.717) is 11.3 Å². The maximum absolute atomic E-state index is 15.0. The first-order valence-corrected chi connectivity index (χ1v) is 10.7. The highest BCUT2D eigenvalue weighted by atomic mass is 35.5. The van der Waals surface area contributed by atoms with E-state index in [2.05, 4.69) is 15.1 Å². The van der Waals surface area contributed by atoms with Gasteiger partial charge < -0.3 is 20.2 Å². The number of cyclic esters (lactones) is 1. The molecule has 2 aliphatic heterocycles. The molecule has 8 nitrogen and oxygen atoms in total. The highest BCUT2D eigenvalue weighted by Crippen LogP contribution is 2.62. The second-order valence-corrected chi connectivity index (χ2v) is 8.57. The van der Waals surface area contributed by atoms with E-state index in [4.69, 9.17) is 11.3 Å². The number of piperidine rings is 1. The lowest BCUT2D eigenvalue weighted by Gasteiger charge is -2.15. The largest absolute Gasteiger partial charge is 0.442 e. The van der Waals surface area contributed by atoms with Crippen LogP contribution in [0.1, 0.15) is 5.69 Å². The number of pyridine rings is 1. The fraction of sp³-hybridized carbons (Fsp3) is 0.391. The molecule has 1 aromatic heterocycles. The zero-order valence-electron chi connectivity index (χ0n) is 18.2. The Morgan fingerprint density at radius 2 is 2.06 bits per heavy atom. The van der Waals surface area contributed by atoms with Crippen LogP contribution in [0.2, 0.25) is 0 Å². The van der Waals surface area contributed by atoms with Crippen molar-refractivity contribution in [3.05, 3.63) is 59.5 Å². The van der Waals surface area contributed by atoms with Gasteiger partial charge >= 0.3 is 12.5 Å². The van der Waals surface area contributed by atoms with Gasteiger partial charge in [-0.25, -0.2) is 15.8 Å². The van der Waals surface area contributed by atoms with Crippen LogP contribution in [-0.2, 0) is 15.1 Å². The number of anilines is 1. The number of nitrogens with one attached hydrogen (secondary N) is 2. The molecule has 2 amide bonds. The molecule has 2 saturated heterocycles. The number of alkyl halides is 2. The number of halogens is 4. The molecule has 0 bridgehead atoms.